The SMILES string of the molecule is CCc1ccc(C(=O)CCC(=O)N2CCN(c3ccnc(-c4ccccc4)n3)CC2)cc1. The lowest BCUT2D eigenvalue weighted by molar-refractivity contribution is -0.131. The number of aryl methyl sites for hydroxylation is 1. The molecule has 6 nitrogen and oxygen atoms in total. The quantitative estimate of drug-likeness (QED) is 0.532. The van der Waals surface area contributed by atoms with E-state index in [-0.39, 0.29) is 24.5 Å². The van der Waals surface area contributed by atoms with E-state index in [1.165, 1.54) is 5.56 Å². The Morgan fingerprint density at radius 2 is 1.59 bits per heavy atom. The molecule has 6 heteroatoms. The second-order valence-corrected chi connectivity index (χ2v) is 7.95. The largest absolute Gasteiger partial charge is 0.353 e. The summed E-state index contributed by atoms with van der Waals surface area (Å²) < 4.78 is 0. The van der Waals surface area contributed by atoms with E-state index < -0.39 is 0 Å². The van der Waals surface area contributed by atoms with Crippen molar-refractivity contribution in [2.45, 2.75) is 26.2 Å². The van der Waals surface area contributed by atoms with E-state index in [1.807, 2.05) is 65.6 Å². The smallest absolute Gasteiger partial charge is 0.223 e. The molecule has 0 aliphatic carbocycles. The van der Waals surface area contributed by atoms with Crippen LogP contribution in [0.1, 0.15) is 35.7 Å². The summed E-state index contributed by atoms with van der Waals surface area (Å²) >= 11 is 0. The molecule has 0 unspecified atom stereocenters. The van der Waals surface area contributed by atoms with Crippen LogP contribution in [0.5, 0.6) is 0 Å². The average Bonchev–Trinajstić information content (AvgIpc) is 2.88. The van der Waals surface area contributed by atoms with Gasteiger partial charge in [-0.2, -0.15) is 0 Å². The minimum absolute atomic E-state index is 0.0223. The van der Waals surface area contributed by atoms with Gasteiger partial charge in [-0.3, -0.25) is 9.59 Å². The van der Waals surface area contributed by atoms with E-state index in [9.17, 15) is 9.59 Å². The number of Topliss-reactive ketones (excluding diaryl/α,β-unsaturated/α-hetero) is 1. The highest BCUT2D eigenvalue weighted by Crippen LogP contribution is 2.19. The molecule has 1 saturated heterocycles. The van der Waals surface area contributed by atoms with E-state index in [2.05, 4.69) is 16.8 Å². The lowest BCUT2D eigenvalue weighted by atomic mass is 10.0. The first-order chi connectivity index (χ1) is 15.6. The number of rotatable bonds is 7. The fourth-order valence-corrected chi connectivity index (χ4v) is 3.89. The van der Waals surface area contributed by atoms with Gasteiger partial charge in [-0.15, -0.1) is 0 Å². The Hall–Kier alpha value is -3.54. The first-order valence-electron chi connectivity index (χ1n) is 11.2. The van der Waals surface area contributed by atoms with Crippen LogP contribution in [-0.2, 0) is 11.2 Å². The normalized spacial score (nSPS) is 13.8. The molecule has 1 aliphatic rings. The van der Waals surface area contributed by atoms with Crippen molar-refractivity contribution in [3.8, 4) is 11.4 Å². The first kappa shape index (κ1) is 21.7. The number of amides is 1. The van der Waals surface area contributed by atoms with Gasteiger partial charge < -0.3 is 9.80 Å². The van der Waals surface area contributed by atoms with Crippen LogP contribution < -0.4 is 4.90 Å². The van der Waals surface area contributed by atoms with E-state index >= 15 is 0 Å². The van der Waals surface area contributed by atoms with Gasteiger partial charge in [0.15, 0.2) is 11.6 Å². The van der Waals surface area contributed by atoms with Crippen LogP contribution in [0.4, 0.5) is 5.82 Å². The molecular formula is C26H28N4O2. The van der Waals surface area contributed by atoms with Gasteiger partial charge in [0.25, 0.3) is 0 Å². The minimum atomic E-state index is 0.0223. The monoisotopic (exact) mass is 428 g/mol. The van der Waals surface area contributed by atoms with Gasteiger partial charge in [0, 0.05) is 56.3 Å². The highest BCUT2D eigenvalue weighted by molar-refractivity contribution is 5.98. The molecule has 0 spiro atoms. The molecule has 0 saturated carbocycles. The van der Waals surface area contributed by atoms with E-state index in [0.29, 0.717) is 37.6 Å². The van der Waals surface area contributed by atoms with Crippen molar-refractivity contribution in [3.05, 3.63) is 78.0 Å². The molecule has 3 aromatic rings. The van der Waals surface area contributed by atoms with Gasteiger partial charge in [-0.1, -0.05) is 61.5 Å². The molecular weight excluding hydrogens is 400 g/mol. The Balaban J connectivity index is 1.29. The molecule has 2 aromatic carbocycles. The number of hydrogen-bond donors (Lipinski definition) is 0. The molecule has 0 radical (unpaired) electrons. The van der Waals surface area contributed by atoms with Crippen LogP contribution in [0.2, 0.25) is 0 Å². The Morgan fingerprint density at radius 1 is 0.875 bits per heavy atom. The van der Waals surface area contributed by atoms with Crippen LogP contribution in [0.15, 0.2) is 66.9 Å². The van der Waals surface area contributed by atoms with Crippen LogP contribution in [0.3, 0.4) is 0 Å². The summed E-state index contributed by atoms with van der Waals surface area (Å²) in [4.78, 5) is 38.2. The number of benzene rings is 2. The fraction of sp³-hybridized carbons (Fsp3) is 0.308. The maximum absolute atomic E-state index is 12.6. The number of carbonyl (C=O) groups excluding carboxylic acids is 2. The number of ketones is 1. The van der Waals surface area contributed by atoms with Crippen molar-refractivity contribution in [2.24, 2.45) is 0 Å². The van der Waals surface area contributed by atoms with Gasteiger partial charge in [0.2, 0.25) is 5.91 Å². The van der Waals surface area contributed by atoms with E-state index in [4.69, 9.17) is 4.98 Å². The number of nitrogens with zero attached hydrogens (tertiary/aromatic N) is 4. The first-order valence-corrected chi connectivity index (χ1v) is 11.2. The molecule has 1 amide bonds. The summed E-state index contributed by atoms with van der Waals surface area (Å²) in [5, 5.41) is 0. The molecule has 32 heavy (non-hydrogen) atoms. The molecule has 1 fully saturated rings. The Labute approximate surface area is 188 Å². The number of aromatic nitrogens is 2. The van der Waals surface area contributed by atoms with E-state index in [1.54, 1.807) is 6.20 Å². The lowest BCUT2D eigenvalue weighted by Gasteiger charge is -2.35. The fourth-order valence-electron chi connectivity index (χ4n) is 3.89. The molecule has 1 aliphatic heterocycles. The minimum Gasteiger partial charge on any atom is -0.353 e. The zero-order chi connectivity index (χ0) is 22.3. The van der Waals surface area contributed by atoms with Crippen LogP contribution in [0.25, 0.3) is 11.4 Å². The second kappa shape index (κ2) is 10.2. The Morgan fingerprint density at radius 3 is 2.28 bits per heavy atom. The molecule has 0 atom stereocenters. The van der Waals surface area contributed by atoms with Crippen LogP contribution in [0, 0.1) is 0 Å². The lowest BCUT2D eigenvalue weighted by Crippen LogP contribution is -2.49. The Kier molecular flexibility index (Phi) is 6.90. The maximum Gasteiger partial charge on any atom is 0.223 e. The van der Waals surface area contributed by atoms with E-state index in [0.717, 1.165) is 17.8 Å². The Bertz CT molecular complexity index is 1060. The number of anilines is 1. The summed E-state index contributed by atoms with van der Waals surface area (Å²) in [6, 6.07) is 19.5. The van der Waals surface area contributed by atoms with Gasteiger partial charge in [-0.05, 0) is 18.1 Å². The molecule has 0 N–H and O–H groups in total. The van der Waals surface area contributed by atoms with Crippen molar-refractivity contribution in [1.29, 1.82) is 0 Å². The topological polar surface area (TPSA) is 66.4 Å². The van der Waals surface area contributed by atoms with Crippen LogP contribution in [-0.4, -0.2) is 52.7 Å². The summed E-state index contributed by atoms with van der Waals surface area (Å²) in [5.74, 6) is 1.63. The van der Waals surface area contributed by atoms with Gasteiger partial charge >= 0.3 is 0 Å². The predicted octanol–water partition coefficient (Wildman–Crippen LogP) is 4.02. The predicted molar refractivity (Wildman–Crippen MR) is 126 cm³/mol. The summed E-state index contributed by atoms with van der Waals surface area (Å²) in [5.41, 5.74) is 2.87. The molecule has 2 heterocycles. The second-order valence-electron chi connectivity index (χ2n) is 7.95. The number of hydrogen-bond acceptors (Lipinski definition) is 5. The molecule has 164 valence electrons. The van der Waals surface area contributed by atoms with Gasteiger partial charge in [0.1, 0.15) is 5.82 Å². The summed E-state index contributed by atoms with van der Waals surface area (Å²) in [6.45, 7) is 4.76. The number of carbonyl (C=O) groups is 2. The molecule has 0 bridgehead atoms. The number of piperazine rings is 1. The van der Waals surface area contributed by atoms with Crippen LogP contribution >= 0.6 is 0 Å². The van der Waals surface area contributed by atoms with Gasteiger partial charge in [0.05, 0.1) is 0 Å². The van der Waals surface area contributed by atoms with Crippen molar-refractivity contribution < 1.29 is 9.59 Å². The van der Waals surface area contributed by atoms with Crippen molar-refractivity contribution >= 4 is 17.5 Å². The standard InChI is InChI=1S/C26H28N4O2/c1-2-20-8-10-21(11-9-20)23(31)12-13-25(32)30-18-16-29(17-19-30)24-14-15-27-26(28-24)22-6-4-3-5-7-22/h3-11,14-15H,2,12-13,16-19H2,1H3. The van der Waals surface area contributed by atoms with Crippen molar-refractivity contribution in [2.75, 3.05) is 31.1 Å². The molecule has 1 aromatic heterocycles. The molecule has 4 rings (SSSR count). The maximum atomic E-state index is 12.6. The zero-order valence-corrected chi connectivity index (χ0v) is 18.4. The van der Waals surface area contributed by atoms with Crippen molar-refractivity contribution in [3.63, 3.8) is 0 Å². The third-order valence-corrected chi connectivity index (χ3v) is 5.88. The van der Waals surface area contributed by atoms with Gasteiger partial charge in [-0.25, -0.2) is 9.97 Å². The summed E-state index contributed by atoms with van der Waals surface area (Å²) in [6.07, 6.45) is 3.22. The summed E-state index contributed by atoms with van der Waals surface area (Å²) in [7, 11) is 0. The van der Waals surface area contributed by atoms with Crippen molar-refractivity contribution in [1.82, 2.24) is 14.9 Å². The highest BCUT2D eigenvalue weighted by atomic mass is 16.2. The third-order valence-electron chi connectivity index (χ3n) is 5.88. The highest BCUT2D eigenvalue weighted by Gasteiger charge is 2.23. The third kappa shape index (κ3) is 5.19. The average molecular weight is 429 g/mol. The zero-order valence-electron chi connectivity index (χ0n) is 18.4.